The highest BCUT2D eigenvalue weighted by atomic mass is 16.3. The van der Waals surface area contributed by atoms with Gasteiger partial charge in [0.2, 0.25) is 5.88 Å². The zero-order valence-electron chi connectivity index (χ0n) is 17.6. The summed E-state index contributed by atoms with van der Waals surface area (Å²) in [5, 5.41) is 12.3. The second-order valence-corrected chi connectivity index (χ2v) is 7.72. The molecule has 0 aliphatic carbocycles. The highest BCUT2D eigenvalue weighted by Gasteiger charge is 2.16. The summed E-state index contributed by atoms with van der Waals surface area (Å²) < 4.78 is 1.36. The van der Waals surface area contributed by atoms with Gasteiger partial charge in [-0.15, -0.1) is 0 Å². The average molecular weight is 396 g/mol. The van der Waals surface area contributed by atoms with Crippen molar-refractivity contribution in [3.63, 3.8) is 0 Å². The summed E-state index contributed by atoms with van der Waals surface area (Å²) in [5.41, 5.74) is 6.22. The van der Waals surface area contributed by atoms with E-state index in [0.717, 1.165) is 22.4 Å². The molecule has 1 aromatic heterocycles. The normalized spacial score (nSPS) is 11.5. The number of aromatic hydroxyl groups is 1. The maximum atomic E-state index is 13.2. The highest BCUT2D eigenvalue weighted by Crippen LogP contribution is 2.27. The van der Waals surface area contributed by atoms with Crippen LogP contribution in [0.25, 0.3) is 16.5 Å². The first-order valence-corrected chi connectivity index (χ1v) is 9.92. The Kier molecular flexibility index (Phi) is 5.00. The molecule has 1 N–H and O–H groups in total. The molecule has 0 bridgehead atoms. The largest absolute Gasteiger partial charge is 0.494 e. The predicted octanol–water partition coefficient (Wildman–Crippen LogP) is 5.68. The van der Waals surface area contributed by atoms with Gasteiger partial charge in [-0.05, 0) is 80.3 Å². The van der Waals surface area contributed by atoms with Crippen LogP contribution in [0.5, 0.6) is 5.88 Å². The molecule has 0 radical (unpaired) electrons. The van der Waals surface area contributed by atoms with E-state index in [1.165, 1.54) is 10.1 Å². The lowest BCUT2D eigenvalue weighted by Gasteiger charge is -2.15. The molecule has 0 saturated carbocycles. The lowest BCUT2D eigenvalue weighted by molar-refractivity contribution is 0.436. The third-order valence-electron chi connectivity index (χ3n) is 5.69. The molecule has 0 spiro atoms. The zero-order chi connectivity index (χ0) is 21.4. The minimum atomic E-state index is -0.255. The van der Waals surface area contributed by atoms with Crippen molar-refractivity contribution in [3.8, 4) is 11.6 Å². The standard InChI is InChI=1S/C26H24N2O2/c1-16-9-11-20(13-18(16)3)27-15-24-22-7-5-6-8-23(22)25(29)28(26(24)30)21-12-10-17(2)19(4)14-21/h5-15,30H,1-4H3. The topological polar surface area (TPSA) is 54.6 Å². The number of aliphatic imine (C=N–C) groups is 1. The quantitative estimate of drug-likeness (QED) is 0.453. The van der Waals surface area contributed by atoms with Crippen LogP contribution in [0.15, 0.2) is 70.5 Å². The summed E-state index contributed by atoms with van der Waals surface area (Å²) in [7, 11) is 0. The van der Waals surface area contributed by atoms with E-state index < -0.39 is 0 Å². The van der Waals surface area contributed by atoms with Crippen LogP contribution in [0, 0.1) is 27.7 Å². The number of rotatable bonds is 3. The fourth-order valence-electron chi connectivity index (χ4n) is 3.54. The van der Waals surface area contributed by atoms with Crippen LogP contribution >= 0.6 is 0 Å². The van der Waals surface area contributed by atoms with Crippen LogP contribution in [0.4, 0.5) is 5.69 Å². The SMILES string of the molecule is Cc1ccc(N=Cc2c(O)n(-c3ccc(C)c(C)c3)c(=O)c3ccccc23)cc1C. The van der Waals surface area contributed by atoms with Crippen LogP contribution in [0.1, 0.15) is 27.8 Å². The first-order chi connectivity index (χ1) is 14.4. The Morgan fingerprint density at radius 1 is 0.800 bits per heavy atom. The van der Waals surface area contributed by atoms with Crippen LogP contribution < -0.4 is 5.56 Å². The van der Waals surface area contributed by atoms with Crippen LogP contribution in [-0.2, 0) is 0 Å². The van der Waals surface area contributed by atoms with E-state index in [1.807, 2.05) is 75.4 Å². The molecule has 3 aromatic carbocycles. The second-order valence-electron chi connectivity index (χ2n) is 7.72. The van der Waals surface area contributed by atoms with Gasteiger partial charge in [-0.25, -0.2) is 4.57 Å². The molecule has 0 saturated heterocycles. The lowest BCUT2D eigenvalue weighted by Crippen LogP contribution is -2.20. The number of nitrogens with zero attached hydrogens (tertiary/aromatic N) is 2. The fraction of sp³-hybridized carbons (Fsp3) is 0.154. The Hall–Kier alpha value is -3.66. The predicted molar refractivity (Wildman–Crippen MR) is 124 cm³/mol. The molecule has 30 heavy (non-hydrogen) atoms. The van der Waals surface area contributed by atoms with E-state index in [1.54, 1.807) is 12.3 Å². The number of pyridine rings is 1. The van der Waals surface area contributed by atoms with Crippen molar-refractivity contribution in [1.82, 2.24) is 4.57 Å². The highest BCUT2D eigenvalue weighted by molar-refractivity contribution is 6.02. The van der Waals surface area contributed by atoms with Crippen molar-refractivity contribution in [1.29, 1.82) is 0 Å². The second kappa shape index (κ2) is 7.64. The van der Waals surface area contributed by atoms with Gasteiger partial charge in [0.1, 0.15) is 0 Å². The molecule has 0 aliphatic heterocycles. The first kappa shape index (κ1) is 19.6. The van der Waals surface area contributed by atoms with Crippen molar-refractivity contribution in [3.05, 3.63) is 98.8 Å². The maximum absolute atomic E-state index is 13.2. The molecule has 0 aliphatic rings. The van der Waals surface area contributed by atoms with Gasteiger partial charge in [0.15, 0.2) is 0 Å². The summed E-state index contributed by atoms with van der Waals surface area (Å²) in [6.45, 7) is 8.11. The number of aryl methyl sites for hydroxylation is 4. The molecule has 0 fully saturated rings. The van der Waals surface area contributed by atoms with Crippen molar-refractivity contribution < 1.29 is 5.11 Å². The molecule has 4 rings (SSSR count). The van der Waals surface area contributed by atoms with E-state index in [9.17, 15) is 9.90 Å². The van der Waals surface area contributed by atoms with Crippen molar-refractivity contribution in [2.24, 2.45) is 4.99 Å². The van der Waals surface area contributed by atoms with E-state index in [-0.39, 0.29) is 11.4 Å². The molecular weight excluding hydrogens is 372 g/mol. The fourth-order valence-corrected chi connectivity index (χ4v) is 3.54. The van der Waals surface area contributed by atoms with Crippen molar-refractivity contribution in [2.75, 3.05) is 0 Å². The Morgan fingerprint density at radius 3 is 2.10 bits per heavy atom. The summed E-state index contributed by atoms with van der Waals surface area (Å²) >= 11 is 0. The third-order valence-corrected chi connectivity index (χ3v) is 5.69. The minimum absolute atomic E-state index is 0.116. The van der Waals surface area contributed by atoms with Gasteiger partial charge in [0.25, 0.3) is 5.56 Å². The summed E-state index contributed by atoms with van der Waals surface area (Å²) in [6.07, 6.45) is 1.64. The number of fused-ring (bicyclic) bond motifs is 1. The molecule has 0 amide bonds. The third kappa shape index (κ3) is 3.41. The Labute approximate surface area is 175 Å². The van der Waals surface area contributed by atoms with E-state index in [0.29, 0.717) is 22.0 Å². The average Bonchev–Trinajstić information content (AvgIpc) is 2.73. The molecule has 150 valence electrons. The Balaban J connectivity index is 1.96. The number of hydrogen-bond donors (Lipinski definition) is 1. The first-order valence-electron chi connectivity index (χ1n) is 9.92. The Morgan fingerprint density at radius 2 is 1.43 bits per heavy atom. The molecule has 4 nitrogen and oxygen atoms in total. The minimum Gasteiger partial charge on any atom is -0.494 e. The van der Waals surface area contributed by atoms with Gasteiger partial charge in [-0.2, -0.15) is 0 Å². The van der Waals surface area contributed by atoms with Gasteiger partial charge in [0, 0.05) is 17.0 Å². The van der Waals surface area contributed by atoms with E-state index >= 15 is 0 Å². The maximum Gasteiger partial charge on any atom is 0.265 e. The van der Waals surface area contributed by atoms with Gasteiger partial charge >= 0.3 is 0 Å². The van der Waals surface area contributed by atoms with Gasteiger partial charge < -0.3 is 5.11 Å². The van der Waals surface area contributed by atoms with Crippen molar-refractivity contribution in [2.45, 2.75) is 27.7 Å². The summed E-state index contributed by atoms with van der Waals surface area (Å²) in [4.78, 5) is 17.8. The van der Waals surface area contributed by atoms with Crippen LogP contribution in [-0.4, -0.2) is 15.9 Å². The molecule has 4 aromatic rings. The number of aromatic nitrogens is 1. The van der Waals surface area contributed by atoms with Crippen LogP contribution in [0.3, 0.4) is 0 Å². The van der Waals surface area contributed by atoms with E-state index in [4.69, 9.17) is 0 Å². The zero-order valence-corrected chi connectivity index (χ0v) is 17.6. The monoisotopic (exact) mass is 396 g/mol. The smallest absolute Gasteiger partial charge is 0.265 e. The summed E-state index contributed by atoms with van der Waals surface area (Å²) in [6, 6.07) is 19.0. The van der Waals surface area contributed by atoms with Gasteiger partial charge in [0.05, 0.1) is 16.9 Å². The van der Waals surface area contributed by atoms with E-state index in [2.05, 4.69) is 11.9 Å². The molecule has 0 unspecified atom stereocenters. The number of benzene rings is 3. The molecule has 4 heteroatoms. The van der Waals surface area contributed by atoms with Crippen molar-refractivity contribution >= 4 is 22.7 Å². The lowest BCUT2D eigenvalue weighted by atomic mass is 10.1. The van der Waals surface area contributed by atoms with Crippen LogP contribution in [0.2, 0.25) is 0 Å². The molecule has 1 heterocycles. The Bertz CT molecular complexity index is 1360. The molecular formula is C26H24N2O2. The molecule has 0 atom stereocenters. The number of hydrogen-bond acceptors (Lipinski definition) is 3. The summed E-state index contributed by atoms with van der Waals surface area (Å²) in [5.74, 6) is -0.116. The van der Waals surface area contributed by atoms with Gasteiger partial charge in [-0.3, -0.25) is 9.79 Å². The van der Waals surface area contributed by atoms with Gasteiger partial charge in [-0.1, -0.05) is 30.3 Å².